The molecule has 1 aliphatic rings. The standard InChI is InChI=1S/C24H26FN5O2/c1-2-8-17(32-20-14-7-13-19(31)22(20)25)11-6-12-18-21-23(26)27-15-28-24(21)30(29-18)16-9-4-3-5-10-16/h2,6-8,11-16,31H,3-5,9-10H2,1H3,(H2,26,27,28)/b8-2-,12-6+,17-11+. The van der Waals surface area contributed by atoms with Crippen molar-refractivity contribution in [2.75, 3.05) is 5.73 Å². The second-order valence-electron chi connectivity index (χ2n) is 7.70. The molecule has 3 aromatic rings. The molecule has 0 radical (unpaired) electrons. The molecule has 2 aromatic heterocycles. The van der Waals surface area contributed by atoms with Gasteiger partial charge in [0.2, 0.25) is 5.82 Å². The number of hydrogen-bond acceptors (Lipinski definition) is 6. The van der Waals surface area contributed by atoms with E-state index in [2.05, 4.69) is 9.97 Å². The third-order valence-electron chi connectivity index (χ3n) is 5.48. The highest BCUT2D eigenvalue weighted by atomic mass is 19.1. The van der Waals surface area contributed by atoms with Crippen LogP contribution in [0, 0.1) is 5.82 Å². The molecule has 0 unspecified atom stereocenters. The predicted molar refractivity (Wildman–Crippen MR) is 122 cm³/mol. The van der Waals surface area contributed by atoms with Crippen molar-refractivity contribution in [2.45, 2.75) is 45.1 Å². The Bertz CT molecular complexity index is 1190. The molecule has 8 heteroatoms. The first-order chi connectivity index (χ1) is 15.6. The van der Waals surface area contributed by atoms with Crippen LogP contribution in [0.4, 0.5) is 10.2 Å². The van der Waals surface area contributed by atoms with Gasteiger partial charge in [0.15, 0.2) is 17.1 Å². The molecule has 0 amide bonds. The van der Waals surface area contributed by atoms with Gasteiger partial charge in [0.1, 0.15) is 17.9 Å². The van der Waals surface area contributed by atoms with Gasteiger partial charge in [-0.05, 0) is 50.1 Å². The van der Waals surface area contributed by atoms with Gasteiger partial charge in [0.25, 0.3) is 0 Å². The van der Waals surface area contributed by atoms with E-state index in [1.807, 2.05) is 17.7 Å². The van der Waals surface area contributed by atoms with Gasteiger partial charge in [-0.2, -0.15) is 9.49 Å². The Balaban J connectivity index is 1.66. The lowest BCUT2D eigenvalue weighted by molar-refractivity contribution is 0.335. The first-order valence-corrected chi connectivity index (χ1v) is 10.7. The van der Waals surface area contributed by atoms with Crippen molar-refractivity contribution in [1.29, 1.82) is 0 Å². The van der Waals surface area contributed by atoms with Crippen molar-refractivity contribution in [3.63, 3.8) is 0 Å². The Morgan fingerprint density at radius 2 is 2.06 bits per heavy atom. The van der Waals surface area contributed by atoms with Gasteiger partial charge < -0.3 is 15.6 Å². The summed E-state index contributed by atoms with van der Waals surface area (Å²) in [6.07, 6.45) is 15.9. The van der Waals surface area contributed by atoms with Gasteiger partial charge in [-0.3, -0.25) is 0 Å². The van der Waals surface area contributed by atoms with E-state index in [1.54, 1.807) is 24.3 Å². The largest absolute Gasteiger partial charge is 0.505 e. The van der Waals surface area contributed by atoms with Crippen molar-refractivity contribution in [2.24, 2.45) is 0 Å². The summed E-state index contributed by atoms with van der Waals surface area (Å²) in [4.78, 5) is 8.58. The van der Waals surface area contributed by atoms with E-state index in [-0.39, 0.29) is 5.75 Å². The van der Waals surface area contributed by atoms with Crippen LogP contribution in [0.1, 0.15) is 50.8 Å². The number of halogens is 1. The molecule has 32 heavy (non-hydrogen) atoms. The third-order valence-corrected chi connectivity index (χ3v) is 5.48. The average Bonchev–Trinajstić information content (AvgIpc) is 3.17. The maximum absolute atomic E-state index is 14.1. The number of phenolic OH excluding ortho intramolecular Hbond substituents is 1. The summed E-state index contributed by atoms with van der Waals surface area (Å²) in [7, 11) is 0. The van der Waals surface area contributed by atoms with Gasteiger partial charge in [-0.1, -0.05) is 37.5 Å². The molecule has 1 aromatic carbocycles. The van der Waals surface area contributed by atoms with Gasteiger partial charge in [-0.15, -0.1) is 0 Å². The Morgan fingerprint density at radius 3 is 2.84 bits per heavy atom. The monoisotopic (exact) mass is 435 g/mol. The zero-order valence-corrected chi connectivity index (χ0v) is 17.9. The zero-order valence-electron chi connectivity index (χ0n) is 17.9. The summed E-state index contributed by atoms with van der Waals surface area (Å²) in [6, 6.07) is 4.53. The number of aromatic hydroxyl groups is 1. The average molecular weight is 436 g/mol. The SMILES string of the molecule is C\C=C/C(=C\C=C\c1nn(C2CCCCC2)c2ncnc(N)c12)Oc1cccc(O)c1F. The lowest BCUT2D eigenvalue weighted by Crippen LogP contribution is -2.14. The summed E-state index contributed by atoms with van der Waals surface area (Å²) >= 11 is 0. The Labute approximate surface area is 185 Å². The number of aromatic nitrogens is 4. The number of rotatable bonds is 6. The molecular weight excluding hydrogens is 409 g/mol. The molecule has 2 heterocycles. The zero-order chi connectivity index (χ0) is 22.5. The van der Waals surface area contributed by atoms with E-state index in [9.17, 15) is 9.50 Å². The van der Waals surface area contributed by atoms with E-state index >= 15 is 0 Å². The van der Waals surface area contributed by atoms with Gasteiger partial charge in [0, 0.05) is 0 Å². The van der Waals surface area contributed by atoms with Crippen molar-refractivity contribution in [3.8, 4) is 11.5 Å². The van der Waals surface area contributed by atoms with Crippen LogP contribution in [0.15, 0.2) is 54.6 Å². The molecular formula is C24H26FN5O2. The molecule has 0 atom stereocenters. The molecule has 0 saturated heterocycles. The van der Waals surface area contributed by atoms with E-state index in [0.29, 0.717) is 23.3 Å². The van der Waals surface area contributed by atoms with Crippen LogP contribution >= 0.6 is 0 Å². The van der Waals surface area contributed by atoms with Crippen LogP contribution in [0.3, 0.4) is 0 Å². The number of anilines is 1. The lowest BCUT2D eigenvalue weighted by atomic mass is 9.96. The first kappa shape index (κ1) is 21.5. The van der Waals surface area contributed by atoms with Gasteiger partial charge in [0.05, 0.1) is 17.1 Å². The molecule has 0 bridgehead atoms. The van der Waals surface area contributed by atoms with Crippen LogP contribution in [-0.4, -0.2) is 24.9 Å². The van der Waals surface area contributed by atoms with E-state index in [0.717, 1.165) is 23.9 Å². The number of hydrogen-bond donors (Lipinski definition) is 2. The minimum Gasteiger partial charge on any atom is -0.505 e. The van der Waals surface area contributed by atoms with Crippen LogP contribution in [-0.2, 0) is 0 Å². The fraction of sp³-hybridized carbons (Fsp3) is 0.292. The lowest BCUT2D eigenvalue weighted by Gasteiger charge is -2.22. The summed E-state index contributed by atoms with van der Waals surface area (Å²) in [5.41, 5.74) is 7.56. The third kappa shape index (κ3) is 4.49. The fourth-order valence-corrected chi connectivity index (χ4v) is 3.95. The summed E-state index contributed by atoms with van der Waals surface area (Å²) < 4.78 is 21.7. The highest BCUT2D eigenvalue weighted by Gasteiger charge is 2.22. The van der Waals surface area contributed by atoms with E-state index < -0.39 is 11.6 Å². The quantitative estimate of drug-likeness (QED) is 0.402. The molecule has 1 aliphatic carbocycles. The topological polar surface area (TPSA) is 99.1 Å². The number of fused-ring (bicyclic) bond motifs is 1. The van der Waals surface area contributed by atoms with Gasteiger partial charge >= 0.3 is 0 Å². The molecule has 1 saturated carbocycles. The summed E-state index contributed by atoms with van der Waals surface area (Å²) in [5.74, 6) is -0.560. The number of nitrogens with two attached hydrogens (primary N) is 1. The van der Waals surface area contributed by atoms with E-state index in [1.165, 1.54) is 43.8 Å². The maximum Gasteiger partial charge on any atom is 0.207 e. The number of phenols is 1. The number of nitrogen functional groups attached to an aromatic ring is 1. The number of benzene rings is 1. The Hall–Kier alpha value is -3.68. The molecule has 7 nitrogen and oxygen atoms in total. The minimum absolute atomic E-state index is 0.0626. The second kappa shape index (κ2) is 9.64. The van der Waals surface area contributed by atoms with E-state index in [4.69, 9.17) is 15.6 Å². The van der Waals surface area contributed by atoms with Crippen LogP contribution in [0.2, 0.25) is 0 Å². The van der Waals surface area contributed by atoms with Crippen molar-refractivity contribution in [1.82, 2.24) is 19.7 Å². The van der Waals surface area contributed by atoms with Crippen molar-refractivity contribution in [3.05, 3.63) is 66.1 Å². The molecule has 1 fully saturated rings. The van der Waals surface area contributed by atoms with Crippen LogP contribution in [0.25, 0.3) is 17.1 Å². The number of nitrogens with zero attached hydrogens (tertiary/aromatic N) is 4. The van der Waals surface area contributed by atoms with Crippen LogP contribution < -0.4 is 10.5 Å². The summed E-state index contributed by atoms with van der Waals surface area (Å²) in [6.45, 7) is 1.83. The first-order valence-electron chi connectivity index (χ1n) is 10.7. The Kier molecular flexibility index (Phi) is 6.49. The smallest absolute Gasteiger partial charge is 0.207 e. The van der Waals surface area contributed by atoms with Crippen LogP contribution in [0.5, 0.6) is 11.5 Å². The van der Waals surface area contributed by atoms with Crippen molar-refractivity contribution < 1.29 is 14.2 Å². The molecule has 166 valence electrons. The fourth-order valence-electron chi connectivity index (χ4n) is 3.95. The molecule has 0 aliphatic heterocycles. The Morgan fingerprint density at radius 1 is 1.25 bits per heavy atom. The predicted octanol–water partition coefficient (Wildman–Crippen LogP) is 5.31. The highest BCUT2D eigenvalue weighted by molar-refractivity contribution is 5.92. The molecule has 0 spiro atoms. The second-order valence-corrected chi connectivity index (χ2v) is 7.70. The summed E-state index contributed by atoms with van der Waals surface area (Å²) in [5, 5.41) is 15.1. The van der Waals surface area contributed by atoms with Gasteiger partial charge in [-0.25, -0.2) is 14.6 Å². The minimum atomic E-state index is -0.811. The molecule has 4 rings (SSSR count). The maximum atomic E-state index is 14.1. The number of allylic oxidation sites excluding steroid dienone is 4. The highest BCUT2D eigenvalue weighted by Crippen LogP contribution is 2.32. The molecule has 3 N–H and O–H groups in total. The van der Waals surface area contributed by atoms with Crippen molar-refractivity contribution >= 4 is 22.9 Å². The normalized spacial score (nSPS) is 15.9. The number of ether oxygens (including phenoxy) is 1.